The van der Waals surface area contributed by atoms with Gasteiger partial charge in [-0.1, -0.05) is 30.3 Å². The van der Waals surface area contributed by atoms with Gasteiger partial charge in [0.25, 0.3) is 11.8 Å². The first-order valence-electron chi connectivity index (χ1n) is 14.6. The van der Waals surface area contributed by atoms with E-state index in [-0.39, 0.29) is 36.2 Å². The summed E-state index contributed by atoms with van der Waals surface area (Å²) < 4.78 is 5.22. The zero-order valence-electron chi connectivity index (χ0n) is 24.1. The molecule has 0 spiro atoms. The molecule has 4 N–H and O–H groups in total. The van der Waals surface area contributed by atoms with Crippen molar-refractivity contribution >= 4 is 29.1 Å². The molecule has 3 aromatic carbocycles. The number of nitrogens with two attached hydrogens (primary N) is 1. The van der Waals surface area contributed by atoms with Crippen LogP contribution in [0.25, 0.3) is 0 Å². The molecule has 3 amide bonds. The highest BCUT2D eigenvalue weighted by Crippen LogP contribution is 2.29. The summed E-state index contributed by atoms with van der Waals surface area (Å²) in [6.45, 7) is 2.32. The van der Waals surface area contributed by atoms with Crippen molar-refractivity contribution in [3.05, 3.63) is 89.5 Å². The minimum absolute atomic E-state index is 0.0129. The molecule has 42 heavy (non-hydrogen) atoms. The number of methoxy groups -OCH3 is 1. The molecule has 9 nitrogen and oxygen atoms in total. The van der Waals surface area contributed by atoms with Gasteiger partial charge in [-0.15, -0.1) is 0 Å². The van der Waals surface area contributed by atoms with Crippen LogP contribution in [0.2, 0.25) is 0 Å². The van der Waals surface area contributed by atoms with Crippen molar-refractivity contribution in [1.29, 1.82) is 0 Å². The van der Waals surface area contributed by atoms with Gasteiger partial charge in [-0.05, 0) is 73.7 Å². The molecule has 9 heteroatoms. The fourth-order valence-electron chi connectivity index (χ4n) is 5.62. The standard InChI is InChI=1S/C33H39N5O4/c1-42-28-14-7-23(8-15-28)21-31(39)36-29-22-25(32(40)35-27-12-10-26(34)11-13-27)9-16-30(29)37-17-19-38(20-18-37)33(41)24-5-3-2-4-6-24/h2-9,14-16,22,26-27H,10-13,17-21,34H2,1H3,(H,35,40)(H,36,39). The number of anilines is 2. The van der Waals surface area contributed by atoms with Crippen LogP contribution in [0.1, 0.15) is 52.0 Å². The first-order valence-corrected chi connectivity index (χ1v) is 14.6. The maximum atomic E-state index is 13.2. The molecule has 2 fully saturated rings. The van der Waals surface area contributed by atoms with Gasteiger partial charge in [-0.2, -0.15) is 0 Å². The van der Waals surface area contributed by atoms with Crippen LogP contribution in [0.3, 0.4) is 0 Å². The Kier molecular flexibility index (Phi) is 9.38. The lowest BCUT2D eigenvalue weighted by Crippen LogP contribution is -2.49. The van der Waals surface area contributed by atoms with Crippen molar-refractivity contribution < 1.29 is 19.1 Å². The van der Waals surface area contributed by atoms with E-state index in [1.807, 2.05) is 65.6 Å². The van der Waals surface area contributed by atoms with Crippen LogP contribution in [0.5, 0.6) is 5.75 Å². The molecule has 1 aliphatic carbocycles. The van der Waals surface area contributed by atoms with Crippen molar-refractivity contribution in [2.75, 3.05) is 43.5 Å². The van der Waals surface area contributed by atoms with Crippen LogP contribution in [-0.4, -0.2) is 68.0 Å². The molecule has 0 atom stereocenters. The van der Waals surface area contributed by atoms with Crippen LogP contribution in [0.4, 0.5) is 11.4 Å². The maximum absolute atomic E-state index is 13.2. The van der Waals surface area contributed by atoms with Gasteiger partial charge in [0.2, 0.25) is 5.91 Å². The summed E-state index contributed by atoms with van der Waals surface area (Å²) in [5.74, 6) is 0.396. The van der Waals surface area contributed by atoms with Crippen LogP contribution >= 0.6 is 0 Å². The normalized spacial score (nSPS) is 18.7. The van der Waals surface area contributed by atoms with Crippen LogP contribution in [-0.2, 0) is 11.2 Å². The Bertz CT molecular complexity index is 1380. The van der Waals surface area contributed by atoms with Crippen molar-refractivity contribution in [2.45, 2.75) is 44.2 Å². The second-order valence-corrected chi connectivity index (χ2v) is 11.0. The van der Waals surface area contributed by atoms with Crippen molar-refractivity contribution in [3.63, 3.8) is 0 Å². The van der Waals surface area contributed by atoms with E-state index in [0.717, 1.165) is 42.7 Å². The third kappa shape index (κ3) is 7.28. The summed E-state index contributed by atoms with van der Waals surface area (Å²) in [6, 6.07) is 22.4. The molecule has 0 unspecified atom stereocenters. The van der Waals surface area contributed by atoms with Gasteiger partial charge in [0.1, 0.15) is 5.75 Å². The third-order valence-electron chi connectivity index (χ3n) is 8.09. The predicted octanol–water partition coefficient (Wildman–Crippen LogP) is 3.84. The largest absolute Gasteiger partial charge is 0.497 e. The number of hydrogen-bond acceptors (Lipinski definition) is 6. The van der Waals surface area contributed by atoms with Gasteiger partial charge in [0.05, 0.1) is 24.9 Å². The number of piperazine rings is 1. The zero-order chi connectivity index (χ0) is 29.5. The van der Waals surface area contributed by atoms with E-state index in [2.05, 4.69) is 15.5 Å². The molecule has 1 heterocycles. The fraction of sp³-hybridized carbons (Fsp3) is 0.364. The number of nitrogens with zero attached hydrogens (tertiary/aromatic N) is 2. The van der Waals surface area contributed by atoms with E-state index in [1.165, 1.54) is 0 Å². The van der Waals surface area contributed by atoms with Crippen molar-refractivity contribution in [2.24, 2.45) is 5.73 Å². The van der Waals surface area contributed by atoms with Gasteiger partial charge < -0.3 is 30.9 Å². The van der Waals surface area contributed by atoms with Gasteiger partial charge in [0, 0.05) is 49.4 Å². The molecule has 2 aliphatic rings. The van der Waals surface area contributed by atoms with Gasteiger partial charge in [-0.3, -0.25) is 14.4 Å². The summed E-state index contributed by atoms with van der Waals surface area (Å²) >= 11 is 0. The maximum Gasteiger partial charge on any atom is 0.253 e. The molecular weight excluding hydrogens is 530 g/mol. The van der Waals surface area contributed by atoms with E-state index < -0.39 is 0 Å². The van der Waals surface area contributed by atoms with E-state index in [4.69, 9.17) is 10.5 Å². The highest BCUT2D eigenvalue weighted by molar-refractivity contribution is 6.00. The third-order valence-corrected chi connectivity index (χ3v) is 8.09. The summed E-state index contributed by atoms with van der Waals surface area (Å²) in [5.41, 5.74) is 9.45. The van der Waals surface area contributed by atoms with Gasteiger partial charge >= 0.3 is 0 Å². The highest BCUT2D eigenvalue weighted by Gasteiger charge is 2.25. The molecule has 0 aromatic heterocycles. The van der Waals surface area contributed by atoms with Gasteiger partial charge in [-0.25, -0.2) is 0 Å². The average Bonchev–Trinajstić information content (AvgIpc) is 3.02. The Morgan fingerprint density at radius 1 is 0.857 bits per heavy atom. The Morgan fingerprint density at radius 3 is 2.21 bits per heavy atom. The Morgan fingerprint density at radius 2 is 1.55 bits per heavy atom. The zero-order valence-corrected chi connectivity index (χ0v) is 24.1. The SMILES string of the molecule is COc1ccc(CC(=O)Nc2cc(C(=O)NC3CCC(N)CC3)ccc2N2CCN(C(=O)c3ccccc3)CC2)cc1. The molecule has 5 rings (SSSR count). The minimum Gasteiger partial charge on any atom is -0.497 e. The number of ether oxygens (including phenoxy) is 1. The molecular formula is C33H39N5O4. The van der Waals surface area contributed by atoms with Gasteiger partial charge in [0.15, 0.2) is 0 Å². The average molecular weight is 570 g/mol. The number of carbonyl (C=O) groups is 3. The summed E-state index contributed by atoms with van der Waals surface area (Å²) in [4.78, 5) is 43.3. The van der Waals surface area contributed by atoms with Crippen molar-refractivity contribution in [1.82, 2.24) is 10.2 Å². The lowest BCUT2D eigenvalue weighted by molar-refractivity contribution is -0.115. The van der Waals surface area contributed by atoms with Crippen LogP contribution in [0, 0.1) is 0 Å². The minimum atomic E-state index is -0.182. The first kappa shape index (κ1) is 29.1. The quantitative estimate of drug-likeness (QED) is 0.380. The first-order chi connectivity index (χ1) is 20.4. The predicted molar refractivity (Wildman–Crippen MR) is 164 cm³/mol. The summed E-state index contributed by atoms with van der Waals surface area (Å²) in [6.07, 6.45) is 3.71. The summed E-state index contributed by atoms with van der Waals surface area (Å²) in [7, 11) is 1.60. The Balaban J connectivity index is 1.31. The highest BCUT2D eigenvalue weighted by atomic mass is 16.5. The lowest BCUT2D eigenvalue weighted by atomic mass is 9.91. The number of rotatable bonds is 8. The Hall–Kier alpha value is -4.37. The van der Waals surface area contributed by atoms with E-state index >= 15 is 0 Å². The molecule has 0 bridgehead atoms. The van der Waals surface area contributed by atoms with E-state index in [0.29, 0.717) is 43.0 Å². The number of nitrogens with one attached hydrogen (secondary N) is 2. The fourth-order valence-corrected chi connectivity index (χ4v) is 5.62. The molecule has 220 valence electrons. The lowest BCUT2D eigenvalue weighted by Gasteiger charge is -2.37. The van der Waals surface area contributed by atoms with Crippen molar-refractivity contribution in [3.8, 4) is 5.75 Å². The number of hydrogen-bond donors (Lipinski definition) is 3. The Labute approximate surface area is 247 Å². The molecule has 0 radical (unpaired) electrons. The van der Waals surface area contributed by atoms with E-state index in [1.54, 1.807) is 19.2 Å². The second-order valence-electron chi connectivity index (χ2n) is 11.0. The smallest absolute Gasteiger partial charge is 0.253 e. The van der Waals surface area contributed by atoms with Crippen LogP contribution < -0.4 is 26.0 Å². The number of carbonyl (C=O) groups excluding carboxylic acids is 3. The molecule has 1 saturated heterocycles. The topological polar surface area (TPSA) is 117 Å². The molecule has 1 saturated carbocycles. The second kappa shape index (κ2) is 13.5. The monoisotopic (exact) mass is 569 g/mol. The molecule has 3 aromatic rings. The number of amides is 3. The van der Waals surface area contributed by atoms with E-state index in [9.17, 15) is 14.4 Å². The number of benzene rings is 3. The summed E-state index contributed by atoms with van der Waals surface area (Å²) in [5, 5.41) is 6.20. The van der Waals surface area contributed by atoms with Crippen LogP contribution in [0.15, 0.2) is 72.8 Å². The molecule has 1 aliphatic heterocycles.